The number of nitrogens with zero attached hydrogens (tertiary/aromatic N) is 3. The fourth-order valence-corrected chi connectivity index (χ4v) is 3.40. The Balaban J connectivity index is 2.28. The van der Waals surface area contributed by atoms with Crippen LogP contribution in [-0.4, -0.2) is 42.8 Å². The van der Waals surface area contributed by atoms with E-state index >= 15 is 0 Å². The topological polar surface area (TPSA) is 55.2 Å². The minimum atomic E-state index is -0.997. The molecule has 2 heterocycles. The van der Waals surface area contributed by atoms with Crippen LogP contribution in [-0.2, 0) is 22.1 Å². The number of hydrogen-bond donors (Lipinski definition) is 0. The summed E-state index contributed by atoms with van der Waals surface area (Å²) in [5, 5.41) is 4.14. The summed E-state index contributed by atoms with van der Waals surface area (Å²) >= 11 is 0. The van der Waals surface area contributed by atoms with Gasteiger partial charge in [-0.3, -0.25) is 13.7 Å². The van der Waals surface area contributed by atoms with Crippen molar-refractivity contribution in [3.8, 4) is 0 Å². The summed E-state index contributed by atoms with van der Waals surface area (Å²) in [6, 6.07) is -0.394. The lowest BCUT2D eigenvalue weighted by atomic mass is 10.1. The lowest BCUT2D eigenvalue weighted by molar-refractivity contribution is -0.130. The van der Waals surface area contributed by atoms with Gasteiger partial charge in [-0.2, -0.15) is 5.10 Å². The molecule has 0 spiro atoms. The summed E-state index contributed by atoms with van der Waals surface area (Å²) in [5.41, 5.74) is 0.782. The number of carbonyl (C=O) groups is 1. The predicted octanol–water partition coefficient (Wildman–Crippen LogP) is 1.02. The fraction of sp³-hybridized carbons (Fsp3) is 0.500. The lowest BCUT2D eigenvalue weighted by Crippen LogP contribution is -2.44. The van der Waals surface area contributed by atoms with Gasteiger partial charge in [-0.25, -0.2) is 4.39 Å². The van der Waals surface area contributed by atoms with E-state index in [1.807, 2.05) is 6.92 Å². The van der Waals surface area contributed by atoms with Crippen molar-refractivity contribution in [3.63, 3.8) is 0 Å². The van der Waals surface area contributed by atoms with Crippen LogP contribution in [0, 0.1) is 0 Å². The first-order chi connectivity index (χ1) is 9.02. The summed E-state index contributed by atoms with van der Waals surface area (Å²) in [5.74, 6) is -1.03. The Morgan fingerprint density at radius 2 is 2.42 bits per heavy atom. The van der Waals surface area contributed by atoms with Gasteiger partial charge in [0.2, 0.25) is 0 Å². The number of halogens is 1. The van der Waals surface area contributed by atoms with Gasteiger partial charge in [-0.05, 0) is 6.92 Å². The Morgan fingerprint density at radius 1 is 1.68 bits per heavy atom. The molecule has 1 amide bonds. The van der Waals surface area contributed by atoms with E-state index < -0.39 is 28.6 Å². The maximum absolute atomic E-state index is 13.1. The van der Waals surface area contributed by atoms with Crippen LogP contribution in [0.2, 0.25) is 0 Å². The third kappa shape index (κ3) is 2.91. The van der Waals surface area contributed by atoms with Crippen LogP contribution < -0.4 is 0 Å². The minimum absolute atomic E-state index is 0.274. The molecule has 1 aromatic rings. The van der Waals surface area contributed by atoms with Crippen LogP contribution in [0.25, 0.3) is 0 Å². The molecular formula is C12H16FN3O2S. The van der Waals surface area contributed by atoms with E-state index in [1.54, 1.807) is 17.1 Å². The van der Waals surface area contributed by atoms with E-state index in [2.05, 4.69) is 11.7 Å². The van der Waals surface area contributed by atoms with E-state index in [0.717, 1.165) is 5.56 Å². The lowest BCUT2D eigenvalue weighted by Gasteiger charge is -2.34. The second-order valence-corrected chi connectivity index (χ2v) is 5.98. The fourth-order valence-electron chi connectivity index (χ4n) is 2.11. The first-order valence-electron chi connectivity index (χ1n) is 6.05. The molecule has 0 aromatic carbocycles. The normalized spacial score (nSPS) is 23.4. The molecule has 1 saturated heterocycles. The Hall–Kier alpha value is -1.50. The molecule has 2 unspecified atom stereocenters. The van der Waals surface area contributed by atoms with Gasteiger partial charge in [0.05, 0.1) is 12.2 Å². The Kier molecular flexibility index (Phi) is 4.14. The number of aromatic nitrogens is 2. The molecule has 0 bridgehead atoms. The molecule has 1 aliphatic heterocycles. The first kappa shape index (κ1) is 13.9. The van der Waals surface area contributed by atoms with E-state index in [0.29, 0.717) is 18.1 Å². The number of hydrogen-bond acceptors (Lipinski definition) is 3. The van der Waals surface area contributed by atoms with Gasteiger partial charge < -0.3 is 4.90 Å². The van der Waals surface area contributed by atoms with Gasteiger partial charge in [0, 0.05) is 47.2 Å². The number of rotatable bonds is 3. The van der Waals surface area contributed by atoms with Crippen LogP contribution in [0.4, 0.5) is 4.39 Å². The number of amides is 1. The van der Waals surface area contributed by atoms with Crippen LogP contribution in [0.15, 0.2) is 24.8 Å². The zero-order valence-corrected chi connectivity index (χ0v) is 11.5. The number of aryl methyl sites for hydroxylation is 1. The molecule has 1 aliphatic rings. The van der Waals surface area contributed by atoms with Crippen LogP contribution >= 0.6 is 0 Å². The third-order valence-electron chi connectivity index (χ3n) is 3.13. The molecule has 0 aliphatic carbocycles. The van der Waals surface area contributed by atoms with Gasteiger partial charge in [-0.15, -0.1) is 0 Å². The van der Waals surface area contributed by atoms with E-state index in [1.165, 1.54) is 4.90 Å². The highest BCUT2D eigenvalue weighted by Gasteiger charge is 2.33. The molecule has 7 heteroatoms. The predicted molar refractivity (Wildman–Crippen MR) is 70.5 cm³/mol. The Bertz CT molecular complexity index is 529. The van der Waals surface area contributed by atoms with E-state index in [4.69, 9.17) is 0 Å². The summed E-state index contributed by atoms with van der Waals surface area (Å²) in [6.07, 6.45) is 3.44. The van der Waals surface area contributed by atoms with Crippen molar-refractivity contribution < 1.29 is 13.4 Å². The SMILES string of the molecule is C=C(F)C(=O)N1CCS(=O)CC1c1cnn(CC)c1. The molecule has 5 nitrogen and oxygen atoms in total. The molecule has 1 fully saturated rings. The number of carbonyl (C=O) groups excluding carboxylic acids is 1. The summed E-state index contributed by atoms with van der Waals surface area (Å²) < 4.78 is 26.5. The molecule has 0 saturated carbocycles. The highest BCUT2D eigenvalue weighted by Crippen LogP contribution is 2.26. The van der Waals surface area contributed by atoms with E-state index in [9.17, 15) is 13.4 Å². The maximum Gasteiger partial charge on any atom is 0.282 e. The molecule has 2 rings (SSSR count). The molecule has 0 N–H and O–H groups in total. The van der Waals surface area contributed by atoms with Crippen LogP contribution in [0.3, 0.4) is 0 Å². The summed E-state index contributed by atoms with van der Waals surface area (Å²) in [6.45, 7) is 5.97. The molecule has 19 heavy (non-hydrogen) atoms. The zero-order chi connectivity index (χ0) is 14.0. The molecule has 2 atom stereocenters. The van der Waals surface area contributed by atoms with Crippen molar-refractivity contribution in [2.24, 2.45) is 0 Å². The van der Waals surface area contributed by atoms with Gasteiger partial charge in [0.1, 0.15) is 0 Å². The quantitative estimate of drug-likeness (QED) is 0.779. The Morgan fingerprint density at radius 3 is 3.00 bits per heavy atom. The van der Waals surface area contributed by atoms with Gasteiger partial charge in [-0.1, -0.05) is 6.58 Å². The molecule has 1 aromatic heterocycles. The average Bonchev–Trinajstić information content (AvgIpc) is 2.86. The first-order valence-corrected chi connectivity index (χ1v) is 7.54. The highest BCUT2D eigenvalue weighted by molar-refractivity contribution is 7.85. The van der Waals surface area contributed by atoms with Crippen molar-refractivity contribution in [2.45, 2.75) is 19.5 Å². The summed E-state index contributed by atoms with van der Waals surface area (Å²) in [4.78, 5) is 13.2. The van der Waals surface area contributed by atoms with Gasteiger partial charge >= 0.3 is 0 Å². The van der Waals surface area contributed by atoms with Crippen LogP contribution in [0.5, 0.6) is 0 Å². The molecule has 104 valence electrons. The minimum Gasteiger partial charge on any atom is -0.328 e. The summed E-state index contributed by atoms with van der Waals surface area (Å²) in [7, 11) is -0.997. The van der Waals surface area contributed by atoms with E-state index in [-0.39, 0.29) is 6.54 Å². The third-order valence-corrected chi connectivity index (χ3v) is 4.46. The average molecular weight is 285 g/mol. The highest BCUT2D eigenvalue weighted by atomic mass is 32.2. The zero-order valence-electron chi connectivity index (χ0n) is 10.7. The van der Waals surface area contributed by atoms with Crippen molar-refractivity contribution in [2.75, 3.05) is 18.1 Å². The smallest absolute Gasteiger partial charge is 0.282 e. The standard InChI is InChI=1S/C12H16FN3O2S/c1-3-15-7-10(6-14-15)11-8-19(18)5-4-16(11)12(17)9(2)13/h6-7,11H,2-5,8H2,1H3. The van der Waals surface area contributed by atoms with Crippen molar-refractivity contribution in [1.82, 2.24) is 14.7 Å². The molecular weight excluding hydrogens is 269 g/mol. The second kappa shape index (κ2) is 5.64. The van der Waals surface area contributed by atoms with Gasteiger partial charge in [0.25, 0.3) is 5.91 Å². The van der Waals surface area contributed by atoms with Crippen molar-refractivity contribution in [1.29, 1.82) is 0 Å². The van der Waals surface area contributed by atoms with Crippen molar-refractivity contribution in [3.05, 3.63) is 30.4 Å². The van der Waals surface area contributed by atoms with Crippen LogP contribution in [0.1, 0.15) is 18.5 Å². The van der Waals surface area contributed by atoms with Crippen molar-refractivity contribution >= 4 is 16.7 Å². The molecule has 0 radical (unpaired) electrons. The monoisotopic (exact) mass is 285 g/mol. The largest absolute Gasteiger partial charge is 0.328 e. The van der Waals surface area contributed by atoms with Gasteiger partial charge in [0.15, 0.2) is 5.83 Å². The second-order valence-electron chi connectivity index (χ2n) is 4.36. The maximum atomic E-state index is 13.1. The Labute approximate surface area is 113 Å².